The van der Waals surface area contributed by atoms with Gasteiger partial charge in [0, 0.05) is 26.0 Å². The van der Waals surface area contributed by atoms with Crippen LogP contribution in [0, 0.1) is 0 Å². The molecule has 2 aromatic carbocycles. The van der Waals surface area contributed by atoms with E-state index in [0.717, 1.165) is 22.3 Å². The number of aliphatic carboxylic acids is 1. The molecular weight excluding hydrogens is 412 g/mol. The van der Waals surface area contributed by atoms with E-state index >= 15 is 0 Å². The molecule has 1 unspecified atom stereocenters. The van der Waals surface area contributed by atoms with Gasteiger partial charge in [0.25, 0.3) is 0 Å². The van der Waals surface area contributed by atoms with Crippen LogP contribution in [0.25, 0.3) is 11.1 Å². The van der Waals surface area contributed by atoms with Crippen molar-refractivity contribution in [1.82, 2.24) is 10.6 Å². The highest BCUT2D eigenvalue weighted by atomic mass is 16.5. The van der Waals surface area contributed by atoms with Crippen molar-refractivity contribution in [3.8, 4) is 11.1 Å². The van der Waals surface area contributed by atoms with Gasteiger partial charge < -0.3 is 25.2 Å². The number of amides is 2. The van der Waals surface area contributed by atoms with Crippen LogP contribution >= 0.6 is 0 Å². The molecule has 0 heterocycles. The number of benzene rings is 2. The van der Waals surface area contributed by atoms with Gasteiger partial charge in [-0.25, -0.2) is 4.79 Å². The highest BCUT2D eigenvalue weighted by Gasteiger charge is 2.30. The van der Waals surface area contributed by atoms with E-state index in [9.17, 15) is 14.4 Å². The fourth-order valence-corrected chi connectivity index (χ4v) is 3.77. The van der Waals surface area contributed by atoms with E-state index in [4.69, 9.17) is 14.6 Å². The molecule has 0 saturated carbocycles. The molecule has 0 fully saturated rings. The fourth-order valence-electron chi connectivity index (χ4n) is 3.77. The number of rotatable bonds is 10. The smallest absolute Gasteiger partial charge is 0.407 e. The van der Waals surface area contributed by atoms with Gasteiger partial charge in [0.15, 0.2) is 0 Å². The summed E-state index contributed by atoms with van der Waals surface area (Å²) in [7, 11) is 1.52. The molecule has 32 heavy (non-hydrogen) atoms. The Bertz CT molecular complexity index is 931. The van der Waals surface area contributed by atoms with Crippen molar-refractivity contribution in [1.29, 1.82) is 0 Å². The summed E-state index contributed by atoms with van der Waals surface area (Å²) in [5, 5.41) is 14.1. The van der Waals surface area contributed by atoms with Crippen molar-refractivity contribution in [2.24, 2.45) is 0 Å². The Hall–Kier alpha value is -3.39. The summed E-state index contributed by atoms with van der Waals surface area (Å²) in [5.41, 5.74) is 4.39. The third kappa shape index (κ3) is 5.64. The van der Waals surface area contributed by atoms with E-state index in [1.54, 1.807) is 6.92 Å². The van der Waals surface area contributed by atoms with Gasteiger partial charge in [0.05, 0.1) is 6.10 Å². The number of carbonyl (C=O) groups is 3. The van der Waals surface area contributed by atoms with Gasteiger partial charge in [-0.1, -0.05) is 48.5 Å². The zero-order chi connectivity index (χ0) is 23.1. The minimum Gasteiger partial charge on any atom is -0.481 e. The number of nitrogens with one attached hydrogen (secondary N) is 2. The topological polar surface area (TPSA) is 114 Å². The molecule has 1 aliphatic carbocycles. The van der Waals surface area contributed by atoms with E-state index < -0.39 is 24.0 Å². The molecule has 2 amide bonds. The summed E-state index contributed by atoms with van der Waals surface area (Å²) in [5.74, 6) is -1.65. The maximum absolute atomic E-state index is 12.5. The molecule has 0 aliphatic heterocycles. The highest BCUT2D eigenvalue weighted by molar-refractivity contribution is 5.86. The van der Waals surface area contributed by atoms with E-state index in [1.165, 1.54) is 7.11 Å². The summed E-state index contributed by atoms with van der Waals surface area (Å²) in [6, 6.07) is 14.9. The van der Waals surface area contributed by atoms with Crippen molar-refractivity contribution in [2.75, 3.05) is 20.3 Å². The van der Waals surface area contributed by atoms with Crippen molar-refractivity contribution < 1.29 is 29.0 Å². The molecule has 2 aromatic rings. The van der Waals surface area contributed by atoms with Crippen LogP contribution in [-0.4, -0.2) is 55.5 Å². The zero-order valence-electron chi connectivity index (χ0n) is 18.2. The molecule has 3 N–H and O–H groups in total. The molecule has 8 heteroatoms. The molecule has 170 valence electrons. The molecule has 2 atom stereocenters. The van der Waals surface area contributed by atoms with Crippen LogP contribution in [0.2, 0.25) is 0 Å². The summed E-state index contributed by atoms with van der Waals surface area (Å²) < 4.78 is 10.6. The predicted octanol–water partition coefficient (Wildman–Crippen LogP) is 2.91. The van der Waals surface area contributed by atoms with E-state index in [-0.39, 0.29) is 38.0 Å². The van der Waals surface area contributed by atoms with Crippen molar-refractivity contribution >= 4 is 18.0 Å². The summed E-state index contributed by atoms with van der Waals surface area (Å²) in [6.45, 7) is 2.13. The van der Waals surface area contributed by atoms with Crippen LogP contribution in [0.15, 0.2) is 48.5 Å². The van der Waals surface area contributed by atoms with Gasteiger partial charge >= 0.3 is 12.1 Å². The Morgan fingerprint density at radius 2 is 1.62 bits per heavy atom. The lowest BCUT2D eigenvalue weighted by Gasteiger charge is -2.20. The number of carboxylic acid groups (broad SMARTS) is 1. The largest absolute Gasteiger partial charge is 0.481 e. The van der Waals surface area contributed by atoms with Gasteiger partial charge in [0.1, 0.15) is 12.6 Å². The molecule has 0 aromatic heterocycles. The average Bonchev–Trinajstić information content (AvgIpc) is 3.12. The van der Waals surface area contributed by atoms with Gasteiger partial charge in [0.2, 0.25) is 5.91 Å². The molecular formula is C24H28N2O6. The van der Waals surface area contributed by atoms with Crippen LogP contribution in [0.3, 0.4) is 0 Å². The van der Waals surface area contributed by atoms with E-state index in [0.29, 0.717) is 0 Å². The quantitative estimate of drug-likeness (QED) is 0.524. The Morgan fingerprint density at radius 1 is 1.03 bits per heavy atom. The molecule has 0 saturated heterocycles. The SMILES string of the molecule is CO[C@H](C)CNC(=O)C(CCC(=O)O)NC(=O)OCC1c2ccccc2-c2ccccc21. The number of carboxylic acids is 1. The first kappa shape index (κ1) is 23.3. The van der Waals surface area contributed by atoms with Gasteiger partial charge in [-0.3, -0.25) is 9.59 Å². The van der Waals surface area contributed by atoms with Crippen LogP contribution in [0.5, 0.6) is 0 Å². The minimum absolute atomic E-state index is 0.0489. The Labute approximate surface area is 186 Å². The van der Waals surface area contributed by atoms with Crippen LogP contribution in [0.1, 0.15) is 36.8 Å². The number of hydrogen-bond acceptors (Lipinski definition) is 5. The fraction of sp³-hybridized carbons (Fsp3) is 0.375. The summed E-state index contributed by atoms with van der Waals surface area (Å²) >= 11 is 0. The summed E-state index contributed by atoms with van der Waals surface area (Å²) in [4.78, 5) is 35.9. The predicted molar refractivity (Wildman–Crippen MR) is 118 cm³/mol. The third-order valence-electron chi connectivity index (χ3n) is 5.57. The third-order valence-corrected chi connectivity index (χ3v) is 5.57. The lowest BCUT2D eigenvalue weighted by atomic mass is 9.98. The summed E-state index contributed by atoms with van der Waals surface area (Å²) in [6.07, 6.45) is -1.29. The van der Waals surface area contributed by atoms with Crippen LogP contribution in [-0.2, 0) is 19.1 Å². The lowest BCUT2D eigenvalue weighted by Crippen LogP contribution is -2.48. The number of fused-ring (bicyclic) bond motifs is 3. The number of methoxy groups -OCH3 is 1. The van der Waals surface area contributed by atoms with E-state index in [2.05, 4.69) is 10.6 Å². The standard InChI is InChI=1S/C24H28N2O6/c1-15(31-2)13-25-23(29)21(11-12-22(27)28)26-24(30)32-14-20-18-9-5-3-7-16(18)17-8-4-6-10-19(17)20/h3-10,15,20-21H,11-14H2,1-2H3,(H,25,29)(H,26,30)(H,27,28)/t15-,21?/m1/s1. The van der Waals surface area contributed by atoms with Crippen molar-refractivity contribution in [3.63, 3.8) is 0 Å². The number of carbonyl (C=O) groups excluding carboxylic acids is 2. The maximum Gasteiger partial charge on any atom is 0.407 e. The maximum atomic E-state index is 12.5. The number of alkyl carbamates (subject to hydrolysis) is 1. The molecule has 0 bridgehead atoms. The first-order valence-corrected chi connectivity index (χ1v) is 10.5. The normalized spacial score (nSPS) is 14.1. The van der Waals surface area contributed by atoms with E-state index in [1.807, 2.05) is 48.5 Å². The number of hydrogen-bond donors (Lipinski definition) is 3. The Morgan fingerprint density at radius 3 is 2.19 bits per heavy atom. The Balaban J connectivity index is 1.63. The average molecular weight is 440 g/mol. The minimum atomic E-state index is -1.05. The number of ether oxygens (including phenoxy) is 2. The Kier molecular flexibility index (Phi) is 7.83. The molecule has 1 aliphatic rings. The second-order valence-corrected chi connectivity index (χ2v) is 7.75. The van der Waals surface area contributed by atoms with Gasteiger partial charge in [-0.15, -0.1) is 0 Å². The lowest BCUT2D eigenvalue weighted by molar-refractivity contribution is -0.137. The van der Waals surface area contributed by atoms with Crippen molar-refractivity contribution in [2.45, 2.75) is 37.8 Å². The van der Waals surface area contributed by atoms with Crippen molar-refractivity contribution in [3.05, 3.63) is 59.7 Å². The van der Waals surface area contributed by atoms with Gasteiger partial charge in [-0.05, 0) is 35.6 Å². The van der Waals surface area contributed by atoms with Crippen LogP contribution < -0.4 is 10.6 Å². The first-order valence-electron chi connectivity index (χ1n) is 10.5. The van der Waals surface area contributed by atoms with Crippen LogP contribution in [0.4, 0.5) is 4.79 Å². The second-order valence-electron chi connectivity index (χ2n) is 7.75. The van der Waals surface area contributed by atoms with Gasteiger partial charge in [-0.2, -0.15) is 0 Å². The second kappa shape index (κ2) is 10.8. The highest BCUT2D eigenvalue weighted by Crippen LogP contribution is 2.44. The molecule has 3 rings (SSSR count). The monoisotopic (exact) mass is 440 g/mol. The zero-order valence-corrected chi connectivity index (χ0v) is 18.2. The molecule has 8 nitrogen and oxygen atoms in total. The molecule has 0 spiro atoms. The molecule has 0 radical (unpaired) electrons. The first-order chi connectivity index (χ1) is 15.4.